The van der Waals surface area contributed by atoms with Gasteiger partial charge in [0.1, 0.15) is 6.10 Å². The third kappa shape index (κ3) is 5.49. The van der Waals surface area contributed by atoms with Crippen LogP contribution in [0.15, 0.2) is 0 Å². The first kappa shape index (κ1) is 11.8. The van der Waals surface area contributed by atoms with Gasteiger partial charge in [-0.1, -0.05) is 26.7 Å². The maximum Gasteiger partial charge on any atom is 0.188 e. The molecule has 0 unspecified atom stereocenters. The van der Waals surface area contributed by atoms with E-state index in [1.807, 2.05) is 6.92 Å². The van der Waals surface area contributed by atoms with Gasteiger partial charge in [0.15, 0.2) is 5.05 Å². The Morgan fingerprint density at radius 3 is 2.58 bits per heavy atom. The third-order valence-electron chi connectivity index (χ3n) is 1.58. The summed E-state index contributed by atoms with van der Waals surface area (Å²) >= 11 is 4.88. The Bertz CT molecular complexity index is 126. The number of rotatable bonds is 6. The minimum absolute atomic E-state index is 0.352. The molecule has 0 bridgehead atoms. The summed E-state index contributed by atoms with van der Waals surface area (Å²) in [6, 6.07) is 0. The minimum Gasteiger partial charge on any atom is -0.484 e. The van der Waals surface area contributed by atoms with Gasteiger partial charge in [-0.2, -0.15) is 0 Å². The predicted octanol–water partition coefficient (Wildman–Crippen LogP) is 2.29. The SMILES string of the molecule is CCCCOC(=S)[C@@H](O)CCC. The lowest BCUT2D eigenvalue weighted by Gasteiger charge is -2.11. The van der Waals surface area contributed by atoms with E-state index in [1.165, 1.54) is 0 Å². The maximum atomic E-state index is 9.35. The quantitative estimate of drug-likeness (QED) is 0.515. The van der Waals surface area contributed by atoms with Crippen LogP contribution in [0.25, 0.3) is 0 Å². The van der Waals surface area contributed by atoms with Gasteiger partial charge < -0.3 is 9.84 Å². The summed E-state index contributed by atoms with van der Waals surface area (Å²) in [5.74, 6) is 0. The molecule has 3 heteroatoms. The lowest BCUT2D eigenvalue weighted by Crippen LogP contribution is -2.21. The van der Waals surface area contributed by atoms with Crippen molar-refractivity contribution in [2.75, 3.05) is 6.61 Å². The average molecular weight is 190 g/mol. The van der Waals surface area contributed by atoms with Crippen LogP contribution >= 0.6 is 12.2 Å². The van der Waals surface area contributed by atoms with Crippen molar-refractivity contribution in [3.05, 3.63) is 0 Å². The van der Waals surface area contributed by atoms with Gasteiger partial charge in [-0.05, 0) is 25.1 Å². The highest BCUT2D eigenvalue weighted by atomic mass is 32.1. The summed E-state index contributed by atoms with van der Waals surface area (Å²) < 4.78 is 5.18. The van der Waals surface area contributed by atoms with Gasteiger partial charge in [-0.3, -0.25) is 0 Å². The van der Waals surface area contributed by atoms with Crippen LogP contribution in [0.2, 0.25) is 0 Å². The van der Waals surface area contributed by atoms with Crippen molar-refractivity contribution in [1.82, 2.24) is 0 Å². The van der Waals surface area contributed by atoms with Crippen LogP contribution in [-0.2, 0) is 4.74 Å². The number of thiocarbonyl (C=S) groups is 1. The van der Waals surface area contributed by atoms with E-state index in [0.717, 1.165) is 19.3 Å². The van der Waals surface area contributed by atoms with Gasteiger partial charge in [-0.25, -0.2) is 0 Å². The molecular formula is C9H18O2S. The lowest BCUT2D eigenvalue weighted by molar-refractivity contribution is 0.182. The standard InChI is InChI=1S/C9H18O2S/c1-3-5-7-11-9(12)8(10)6-4-2/h8,10H,3-7H2,1-2H3/t8-/m0/s1. The molecule has 0 spiro atoms. The van der Waals surface area contributed by atoms with Crippen LogP contribution in [0.5, 0.6) is 0 Å². The number of unbranched alkanes of at least 4 members (excludes halogenated alkanes) is 1. The van der Waals surface area contributed by atoms with Crippen molar-refractivity contribution in [3.8, 4) is 0 Å². The number of ether oxygens (including phenoxy) is 1. The molecule has 0 heterocycles. The minimum atomic E-state index is -0.554. The molecule has 0 rings (SSSR count). The average Bonchev–Trinajstić information content (AvgIpc) is 2.05. The Morgan fingerprint density at radius 1 is 1.42 bits per heavy atom. The lowest BCUT2D eigenvalue weighted by atomic mass is 10.2. The van der Waals surface area contributed by atoms with E-state index in [4.69, 9.17) is 17.0 Å². The highest BCUT2D eigenvalue weighted by Crippen LogP contribution is 2.01. The summed E-state index contributed by atoms with van der Waals surface area (Å²) in [5, 5.41) is 9.70. The number of aliphatic hydroxyl groups excluding tert-OH is 1. The largest absolute Gasteiger partial charge is 0.484 e. The molecule has 0 radical (unpaired) electrons. The molecule has 1 N–H and O–H groups in total. The van der Waals surface area contributed by atoms with Crippen LogP contribution in [0.3, 0.4) is 0 Å². The maximum absolute atomic E-state index is 9.35. The highest BCUT2D eigenvalue weighted by Gasteiger charge is 2.09. The molecule has 0 saturated carbocycles. The van der Waals surface area contributed by atoms with Gasteiger partial charge in [0.2, 0.25) is 0 Å². The van der Waals surface area contributed by atoms with Crippen LogP contribution in [0.4, 0.5) is 0 Å². The topological polar surface area (TPSA) is 29.5 Å². The molecule has 0 saturated heterocycles. The second-order valence-electron chi connectivity index (χ2n) is 2.83. The second-order valence-corrected chi connectivity index (χ2v) is 3.23. The first-order valence-corrected chi connectivity index (χ1v) is 4.97. The van der Waals surface area contributed by atoms with Crippen molar-refractivity contribution in [3.63, 3.8) is 0 Å². The summed E-state index contributed by atoms with van der Waals surface area (Å²) in [7, 11) is 0. The Morgan fingerprint density at radius 2 is 2.08 bits per heavy atom. The van der Waals surface area contributed by atoms with E-state index in [0.29, 0.717) is 18.1 Å². The molecule has 0 aromatic rings. The van der Waals surface area contributed by atoms with Crippen molar-refractivity contribution in [2.45, 2.75) is 45.6 Å². The zero-order valence-corrected chi connectivity index (χ0v) is 8.69. The van der Waals surface area contributed by atoms with Gasteiger partial charge in [0, 0.05) is 0 Å². The smallest absolute Gasteiger partial charge is 0.188 e. The van der Waals surface area contributed by atoms with Crippen LogP contribution in [-0.4, -0.2) is 22.9 Å². The van der Waals surface area contributed by atoms with Gasteiger partial charge >= 0.3 is 0 Å². The van der Waals surface area contributed by atoms with E-state index in [9.17, 15) is 5.11 Å². The van der Waals surface area contributed by atoms with Crippen molar-refractivity contribution < 1.29 is 9.84 Å². The fraction of sp³-hybridized carbons (Fsp3) is 0.889. The molecule has 0 aromatic carbocycles. The molecule has 1 atom stereocenters. The van der Waals surface area contributed by atoms with E-state index < -0.39 is 6.10 Å². The van der Waals surface area contributed by atoms with Crippen molar-refractivity contribution in [1.29, 1.82) is 0 Å². The zero-order valence-electron chi connectivity index (χ0n) is 7.88. The molecule has 0 fully saturated rings. The molecule has 0 aliphatic rings. The first-order chi connectivity index (χ1) is 5.72. The van der Waals surface area contributed by atoms with Gasteiger partial charge in [-0.15, -0.1) is 0 Å². The fourth-order valence-corrected chi connectivity index (χ4v) is 1.01. The van der Waals surface area contributed by atoms with Gasteiger partial charge in [0.25, 0.3) is 0 Å². The molecule has 0 aliphatic heterocycles. The predicted molar refractivity (Wildman–Crippen MR) is 54.4 cm³/mol. The van der Waals surface area contributed by atoms with Crippen LogP contribution in [0, 0.1) is 0 Å². The van der Waals surface area contributed by atoms with Crippen molar-refractivity contribution in [2.24, 2.45) is 0 Å². The fourth-order valence-electron chi connectivity index (χ4n) is 0.805. The summed E-state index contributed by atoms with van der Waals surface area (Å²) in [6.45, 7) is 4.74. The Balaban J connectivity index is 3.43. The number of aliphatic hydroxyl groups is 1. The second kappa shape index (κ2) is 7.50. The van der Waals surface area contributed by atoms with E-state index in [2.05, 4.69) is 6.92 Å². The number of hydrogen-bond acceptors (Lipinski definition) is 3. The first-order valence-electron chi connectivity index (χ1n) is 4.57. The van der Waals surface area contributed by atoms with Gasteiger partial charge in [0.05, 0.1) is 6.61 Å². The number of hydrogen-bond donors (Lipinski definition) is 1. The molecule has 0 amide bonds. The monoisotopic (exact) mass is 190 g/mol. The molecule has 0 aliphatic carbocycles. The summed E-state index contributed by atoms with van der Waals surface area (Å²) in [5.41, 5.74) is 0. The molecule has 72 valence electrons. The van der Waals surface area contributed by atoms with Crippen LogP contribution < -0.4 is 0 Å². The molecule has 0 aromatic heterocycles. The Hall–Kier alpha value is -0.150. The summed E-state index contributed by atoms with van der Waals surface area (Å²) in [4.78, 5) is 0. The Labute approximate surface area is 79.9 Å². The molecular weight excluding hydrogens is 172 g/mol. The highest BCUT2D eigenvalue weighted by molar-refractivity contribution is 7.80. The van der Waals surface area contributed by atoms with Crippen LogP contribution in [0.1, 0.15) is 39.5 Å². The third-order valence-corrected chi connectivity index (χ3v) is 1.97. The van der Waals surface area contributed by atoms with E-state index >= 15 is 0 Å². The summed E-state index contributed by atoms with van der Waals surface area (Å²) in [6.07, 6.45) is 3.16. The van der Waals surface area contributed by atoms with E-state index in [-0.39, 0.29) is 0 Å². The Kier molecular flexibility index (Phi) is 7.40. The molecule has 12 heavy (non-hydrogen) atoms. The van der Waals surface area contributed by atoms with E-state index in [1.54, 1.807) is 0 Å². The van der Waals surface area contributed by atoms with Crippen molar-refractivity contribution >= 4 is 17.3 Å². The zero-order chi connectivity index (χ0) is 9.40. The molecule has 2 nitrogen and oxygen atoms in total. The normalized spacial score (nSPS) is 12.6.